The molecule has 2 aromatic rings. The van der Waals surface area contributed by atoms with E-state index in [1.165, 1.54) is 12.1 Å². The van der Waals surface area contributed by atoms with E-state index >= 15 is 0 Å². The van der Waals surface area contributed by atoms with Gasteiger partial charge in [-0.3, -0.25) is 10.1 Å². The van der Waals surface area contributed by atoms with Gasteiger partial charge in [-0.2, -0.15) is 0 Å². The van der Waals surface area contributed by atoms with E-state index in [2.05, 4.69) is 9.59 Å². The van der Waals surface area contributed by atoms with Crippen molar-refractivity contribution in [2.75, 3.05) is 0 Å². The molecule has 0 aliphatic heterocycles. The highest BCUT2D eigenvalue weighted by Crippen LogP contribution is 2.29. The van der Waals surface area contributed by atoms with E-state index < -0.39 is 4.92 Å². The van der Waals surface area contributed by atoms with Gasteiger partial charge in [-0.25, -0.2) is 0 Å². The summed E-state index contributed by atoms with van der Waals surface area (Å²) >= 11 is 6.88. The average Bonchev–Trinajstić information content (AvgIpc) is 2.64. The van der Waals surface area contributed by atoms with Crippen LogP contribution in [-0.4, -0.2) is 14.5 Å². The third-order valence-electron chi connectivity index (χ3n) is 1.78. The second kappa shape index (κ2) is 3.92. The molecule has 0 spiro atoms. The average molecular weight is 242 g/mol. The molecule has 76 valence electrons. The normalized spacial score (nSPS) is 10.2. The summed E-state index contributed by atoms with van der Waals surface area (Å²) in [5.41, 5.74) is 1.09. The molecular formula is C8H4ClN3O2S. The van der Waals surface area contributed by atoms with Gasteiger partial charge in [-0.15, -0.1) is 5.10 Å². The highest BCUT2D eigenvalue weighted by Gasteiger charge is 2.12. The lowest BCUT2D eigenvalue weighted by molar-refractivity contribution is -0.384. The fourth-order valence-corrected chi connectivity index (χ4v) is 1.80. The Bertz CT molecular complexity index is 514. The van der Waals surface area contributed by atoms with Crippen LogP contribution in [0.25, 0.3) is 11.3 Å². The van der Waals surface area contributed by atoms with Crippen molar-refractivity contribution in [3.05, 3.63) is 38.7 Å². The Balaban J connectivity index is 2.50. The first-order valence-electron chi connectivity index (χ1n) is 3.91. The number of aromatic nitrogens is 2. The minimum Gasteiger partial charge on any atom is -0.258 e. The Morgan fingerprint density at radius 3 is 2.87 bits per heavy atom. The summed E-state index contributed by atoms with van der Waals surface area (Å²) in [7, 11) is 0. The zero-order valence-electron chi connectivity index (χ0n) is 7.25. The van der Waals surface area contributed by atoms with Gasteiger partial charge in [-0.05, 0) is 0 Å². The predicted octanol–water partition coefficient (Wildman–Crippen LogP) is 2.77. The second-order valence-electron chi connectivity index (χ2n) is 2.70. The molecule has 0 radical (unpaired) electrons. The van der Waals surface area contributed by atoms with E-state index in [0.29, 0.717) is 15.6 Å². The molecule has 0 aliphatic rings. The first-order valence-corrected chi connectivity index (χ1v) is 5.06. The topological polar surface area (TPSA) is 68.9 Å². The summed E-state index contributed by atoms with van der Waals surface area (Å²) in [5, 5.41) is 14.3. The Morgan fingerprint density at radius 2 is 2.27 bits per heavy atom. The number of nitro groups is 1. The minimum atomic E-state index is -0.461. The number of nitrogens with zero attached hydrogens (tertiary/aromatic N) is 3. The molecule has 0 aliphatic carbocycles. The fraction of sp³-hybridized carbons (Fsp3) is 0. The van der Waals surface area contributed by atoms with Crippen LogP contribution in [0.1, 0.15) is 0 Å². The van der Waals surface area contributed by atoms with Gasteiger partial charge < -0.3 is 0 Å². The summed E-state index contributed by atoms with van der Waals surface area (Å²) in [6, 6.07) is 6.12. The van der Waals surface area contributed by atoms with Crippen LogP contribution in [-0.2, 0) is 0 Å². The van der Waals surface area contributed by atoms with E-state index in [4.69, 9.17) is 11.6 Å². The molecule has 0 amide bonds. The van der Waals surface area contributed by atoms with Crippen LogP contribution in [0, 0.1) is 10.1 Å². The van der Waals surface area contributed by atoms with Gasteiger partial charge in [0.2, 0.25) is 0 Å². The van der Waals surface area contributed by atoms with Crippen molar-refractivity contribution < 1.29 is 4.92 Å². The molecule has 7 heteroatoms. The highest BCUT2D eigenvalue weighted by atomic mass is 35.5. The van der Waals surface area contributed by atoms with E-state index in [1.54, 1.807) is 12.1 Å². The quantitative estimate of drug-likeness (QED) is 0.599. The minimum absolute atomic E-state index is 0.0107. The van der Waals surface area contributed by atoms with Gasteiger partial charge in [-0.1, -0.05) is 28.2 Å². The smallest absolute Gasteiger partial charge is 0.258 e. The van der Waals surface area contributed by atoms with Crippen LogP contribution in [0.3, 0.4) is 0 Å². The molecule has 0 N–H and O–H groups in total. The van der Waals surface area contributed by atoms with Crippen molar-refractivity contribution in [2.24, 2.45) is 0 Å². The van der Waals surface area contributed by atoms with Crippen LogP contribution in [0.2, 0.25) is 4.34 Å². The molecule has 15 heavy (non-hydrogen) atoms. The Hall–Kier alpha value is -1.53. The number of rotatable bonds is 2. The van der Waals surface area contributed by atoms with Gasteiger partial charge >= 0.3 is 0 Å². The first kappa shape index (κ1) is 10.0. The van der Waals surface area contributed by atoms with Crippen molar-refractivity contribution in [3.8, 4) is 11.3 Å². The molecule has 1 aromatic heterocycles. The lowest BCUT2D eigenvalue weighted by Gasteiger charge is -1.96. The Kier molecular flexibility index (Phi) is 2.61. The van der Waals surface area contributed by atoms with Crippen LogP contribution in [0.4, 0.5) is 5.69 Å². The molecule has 0 unspecified atom stereocenters. The van der Waals surface area contributed by atoms with Crippen molar-refractivity contribution in [3.63, 3.8) is 0 Å². The van der Waals surface area contributed by atoms with Gasteiger partial charge in [0.1, 0.15) is 10.0 Å². The molecule has 0 bridgehead atoms. The lowest BCUT2D eigenvalue weighted by Crippen LogP contribution is -1.88. The number of benzene rings is 1. The van der Waals surface area contributed by atoms with E-state index in [-0.39, 0.29) is 5.69 Å². The maximum Gasteiger partial charge on any atom is 0.270 e. The predicted molar refractivity (Wildman–Crippen MR) is 57.0 cm³/mol. The zero-order valence-corrected chi connectivity index (χ0v) is 8.83. The highest BCUT2D eigenvalue weighted by molar-refractivity contribution is 7.10. The van der Waals surface area contributed by atoms with Gasteiger partial charge in [0.25, 0.3) is 5.69 Å². The summed E-state index contributed by atoms with van der Waals surface area (Å²) in [6.45, 7) is 0. The first-order chi connectivity index (χ1) is 7.18. The summed E-state index contributed by atoms with van der Waals surface area (Å²) in [4.78, 5) is 10.1. The van der Waals surface area contributed by atoms with Crippen LogP contribution in [0.5, 0.6) is 0 Å². The maximum atomic E-state index is 10.5. The molecular weight excluding hydrogens is 238 g/mol. The molecule has 0 saturated heterocycles. The van der Waals surface area contributed by atoms with Crippen molar-refractivity contribution >= 4 is 28.8 Å². The molecule has 0 fully saturated rings. The number of hydrogen-bond donors (Lipinski definition) is 0. The third kappa shape index (κ3) is 1.95. The summed E-state index contributed by atoms with van der Waals surface area (Å²) in [5.74, 6) is 0. The Labute approximate surface area is 93.6 Å². The van der Waals surface area contributed by atoms with Crippen molar-refractivity contribution in [1.29, 1.82) is 0 Å². The summed E-state index contributed by atoms with van der Waals surface area (Å²) in [6.07, 6.45) is 0. The third-order valence-corrected chi connectivity index (χ3v) is 2.68. The SMILES string of the molecule is O=[N+]([O-])c1cccc(-c2nnsc2Cl)c1. The van der Waals surface area contributed by atoms with E-state index in [9.17, 15) is 10.1 Å². The van der Waals surface area contributed by atoms with Gasteiger partial charge in [0.15, 0.2) is 0 Å². The molecule has 1 aromatic carbocycles. The van der Waals surface area contributed by atoms with Gasteiger partial charge in [0, 0.05) is 29.2 Å². The van der Waals surface area contributed by atoms with Crippen molar-refractivity contribution in [1.82, 2.24) is 9.59 Å². The van der Waals surface area contributed by atoms with Crippen LogP contribution >= 0.6 is 23.1 Å². The number of halogens is 1. The van der Waals surface area contributed by atoms with Crippen molar-refractivity contribution in [2.45, 2.75) is 0 Å². The molecule has 0 saturated carbocycles. The largest absolute Gasteiger partial charge is 0.270 e. The maximum absolute atomic E-state index is 10.5. The van der Waals surface area contributed by atoms with E-state index in [0.717, 1.165) is 11.5 Å². The van der Waals surface area contributed by atoms with E-state index in [1.807, 2.05) is 0 Å². The standard InChI is InChI=1S/C8H4ClN3O2S/c9-8-7(10-11-15-8)5-2-1-3-6(4-5)12(13)14/h1-4H. The second-order valence-corrected chi connectivity index (χ2v) is 4.06. The molecule has 2 rings (SSSR count). The molecule has 5 nitrogen and oxygen atoms in total. The summed E-state index contributed by atoms with van der Waals surface area (Å²) < 4.78 is 4.09. The number of hydrogen-bond acceptors (Lipinski definition) is 5. The number of nitro benzene ring substituents is 1. The monoisotopic (exact) mass is 241 g/mol. The fourth-order valence-electron chi connectivity index (χ4n) is 1.12. The van der Waals surface area contributed by atoms with Crippen LogP contribution < -0.4 is 0 Å². The molecule has 0 atom stereocenters. The molecule has 1 heterocycles. The Morgan fingerprint density at radius 1 is 1.47 bits per heavy atom. The van der Waals surface area contributed by atoms with Gasteiger partial charge in [0.05, 0.1) is 4.92 Å². The zero-order chi connectivity index (χ0) is 10.8. The van der Waals surface area contributed by atoms with Crippen LogP contribution in [0.15, 0.2) is 24.3 Å². The number of non-ortho nitro benzene ring substituents is 1. The lowest BCUT2D eigenvalue weighted by atomic mass is 10.1.